The van der Waals surface area contributed by atoms with Crippen LogP contribution in [0.1, 0.15) is 30.1 Å². The van der Waals surface area contributed by atoms with Crippen molar-refractivity contribution in [1.29, 1.82) is 0 Å². The fourth-order valence-corrected chi connectivity index (χ4v) is 3.71. The van der Waals surface area contributed by atoms with Gasteiger partial charge in [-0.3, -0.25) is 4.57 Å². The lowest BCUT2D eigenvalue weighted by Crippen LogP contribution is -2.18. The molecule has 30 heavy (non-hydrogen) atoms. The molecule has 3 aromatic rings. The summed E-state index contributed by atoms with van der Waals surface area (Å²) in [6, 6.07) is 4.42. The van der Waals surface area contributed by atoms with Gasteiger partial charge in [-0.05, 0) is 30.7 Å². The summed E-state index contributed by atoms with van der Waals surface area (Å²) >= 11 is 0. The number of ether oxygens (including phenoxy) is 1. The quantitative estimate of drug-likeness (QED) is 0.232. The van der Waals surface area contributed by atoms with E-state index in [1.54, 1.807) is 17.0 Å². The molecule has 0 fully saturated rings. The molecule has 1 aromatic carbocycles. The molecule has 0 amide bonds. The molecule has 0 saturated heterocycles. The third kappa shape index (κ3) is 2.93. The molecule has 2 aromatic heterocycles. The van der Waals surface area contributed by atoms with Crippen molar-refractivity contribution in [2.24, 2.45) is 10.9 Å². The van der Waals surface area contributed by atoms with Gasteiger partial charge in [0.2, 0.25) is 0 Å². The second-order valence-electron chi connectivity index (χ2n) is 6.97. The highest BCUT2D eigenvalue weighted by Gasteiger charge is 2.27. The van der Waals surface area contributed by atoms with Crippen molar-refractivity contribution in [2.75, 3.05) is 0 Å². The van der Waals surface area contributed by atoms with E-state index in [1.165, 1.54) is 12.1 Å². The van der Waals surface area contributed by atoms with Gasteiger partial charge in [-0.15, -0.1) is 10.2 Å². The highest BCUT2D eigenvalue weighted by atomic mass is 19.1. The Morgan fingerprint density at radius 1 is 1.33 bits per heavy atom. The SMILES string of the molecule is NC(=NO)c1ncn2c1Cn1c(COC3=CC=CCC3)nnc1-c1cc(F)ccc1-2. The van der Waals surface area contributed by atoms with Crippen LogP contribution in [0.15, 0.2) is 53.7 Å². The van der Waals surface area contributed by atoms with Crippen LogP contribution in [0.25, 0.3) is 17.1 Å². The predicted octanol–water partition coefficient (Wildman–Crippen LogP) is 2.48. The first-order chi connectivity index (χ1) is 14.7. The molecule has 0 radical (unpaired) electrons. The standard InChI is InChI=1S/C20H18FN7O2/c21-12-6-7-15-14(8-12)20-25-24-17(10-30-13-4-2-1-3-5-13)27(20)9-16-18(19(22)26-29)23-11-28(15)16/h1-2,4,6-8,11,29H,3,5,9-10H2,(H2,22,26). The zero-order valence-electron chi connectivity index (χ0n) is 15.9. The zero-order valence-corrected chi connectivity index (χ0v) is 15.9. The van der Waals surface area contributed by atoms with E-state index in [9.17, 15) is 4.39 Å². The number of rotatable bonds is 4. The van der Waals surface area contributed by atoms with E-state index >= 15 is 0 Å². The highest BCUT2D eigenvalue weighted by Crippen LogP contribution is 2.33. The van der Waals surface area contributed by atoms with E-state index in [0.717, 1.165) is 18.6 Å². The number of oxime groups is 1. The van der Waals surface area contributed by atoms with Gasteiger partial charge in [-0.25, -0.2) is 9.37 Å². The number of nitrogens with two attached hydrogens (primary N) is 1. The minimum Gasteiger partial charge on any atom is -0.490 e. The summed E-state index contributed by atoms with van der Waals surface area (Å²) in [6.07, 6.45) is 9.29. The summed E-state index contributed by atoms with van der Waals surface area (Å²) in [7, 11) is 0. The van der Waals surface area contributed by atoms with E-state index in [-0.39, 0.29) is 18.3 Å². The van der Waals surface area contributed by atoms with Gasteiger partial charge in [-0.2, -0.15) is 0 Å². The first-order valence-electron chi connectivity index (χ1n) is 9.40. The molecule has 3 N–H and O–H groups in total. The molecule has 0 atom stereocenters. The number of fused-ring (bicyclic) bond motifs is 5. The monoisotopic (exact) mass is 407 g/mol. The Morgan fingerprint density at radius 3 is 3.03 bits per heavy atom. The van der Waals surface area contributed by atoms with Crippen molar-refractivity contribution in [3.05, 3.63) is 71.5 Å². The van der Waals surface area contributed by atoms with Crippen LogP contribution in [0.5, 0.6) is 0 Å². The molecule has 0 bridgehead atoms. The average Bonchev–Trinajstić information content (AvgIpc) is 3.34. The average molecular weight is 407 g/mol. The molecular weight excluding hydrogens is 389 g/mol. The van der Waals surface area contributed by atoms with Crippen molar-refractivity contribution in [1.82, 2.24) is 24.3 Å². The number of hydrogen-bond donors (Lipinski definition) is 2. The lowest BCUT2D eigenvalue weighted by molar-refractivity contribution is 0.178. The lowest BCUT2D eigenvalue weighted by Gasteiger charge is -2.13. The summed E-state index contributed by atoms with van der Waals surface area (Å²) in [5.74, 6) is 1.46. The fraction of sp³-hybridized carbons (Fsp3) is 0.200. The highest BCUT2D eigenvalue weighted by molar-refractivity contribution is 5.96. The minimum atomic E-state index is -0.388. The molecule has 152 valence electrons. The molecule has 0 spiro atoms. The van der Waals surface area contributed by atoms with Crippen molar-refractivity contribution in [3.63, 3.8) is 0 Å². The van der Waals surface area contributed by atoms with E-state index < -0.39 is 0 Å². The van der Waals surface area contributed by atoms with Gasteiger partial charge in [0, 0.05) is 12.0 Å². The number of aromatic nitrogens is 5. The Balaban J connectivity index is 1.62. The van der Waals surface area contributed by atoms with Crippen LogP contribution in [0.4, 0.5) is 4.39 Å². The zero-order chi connectivity index (χ0) is 20.7. The lowest BCUT2D eigenvalue weighted by atomic mass is 10.1. The molecule has 0 saturated carbocycles. The Kier molecular flexibility index (Phi) is 4.31. The van der Waals surface area contributed by atoms with Crippen molar-refractivity contribution >= 4 is 5.84 Å². The molecule has 2 aliphatic rings. The molecule has 3 heterocycles. The number of halogens is 1. The smallest absolute Gasteiger partial charge is 0.190 e. The molecule has 5 rings (SSSR count). The molecule has 1 aliphatic carbocycles. The van der Waals surface area contributed by atoms with Crippen LogP contribution < -0.4 is 5.73 Å². The van der Waals surface area contributed by atoms with Crippen molar-refractivity contribution in [3.8, 4) is 17.1 Å². The Hall–Kier alpha value is -3.95. The van der Waals surface area contributed by atoms with Gasteiger partial charge in [0.15, 0.2) is 17.5 Å². The largest absolute Gasteiger partial charge is 0.490 e. The molecule has 9 nitrogen and oxygen atoms in total. The number of nitrogens with zero attached hydrogens (tertiary/aromatic N) is 6. The van der Waals surface area contributed by atoms with Crippen LogP contribution in [-0.4, -0.2) is 35.4 Å². The van der Waals surface area contributed by atoms with Crippen molar-refractivity contribution in [2.45, 2.75) is 26.0 Å². The topological polar surface area (TPSA) is 116 Å². The number of allylic oxidation sites excluding steroid dienone is 4. The van der Waals surface area contributed by atoms with Crippen LogP contribution in [-0.2, 0) is 17.9 Å². The number of imidazole rings is 1. The summed E-state index contributed by atoms with van der Waals surface area (Å²) in [5.41, 5.74) is 8.07. The van der Waals surface area contributed by atoms with Gasteiger partial charge < -0.3 is 20.2 Å². The second kappa shape index (κ2) is 7.14. The Bertz CT molecular complexity index is 1220. The summed E-state index contributed by atoms with van der Waals surface area (Å²) in [4.78, 5) is 4.29. The molecular formula is C20H18FN7O2. The van der Waals surface area contributed by atoms with Crippen LogP contribution in [0, 0.1) is 5.82 Å². The van der Waals surface area contributed by atoms with E-state index in [2.05, 4.69) is 26.4 Å². The minimum absolute atomic E-state index is 0.110. The van der Waals surface area contributed by atoms with Gasteiger partial charge in [-0.1, -0.05) is 17.3 Å². The van der Waals surface area contributed by atoms with E-state index in [4.69, 9.17) is 15.7 Å². The van der Waals surface area contributed by atoms with Crippen LogP contribution >= 0.6 is 0 Å². The Labute approximate surface area is 170 Å². The molecule has 1 aliphatic heterocycles. The van der Waals surface area contributed by atoms with Crippen molar-refractivity contribution < 1.29 is 14.3 Å². The van der Waals surface area contributed by atoms with Gasteiger partial charge >= 0.3 is 0 Å². The second-order valence-corrected chi connectivity index (χ2v) is 6.97. The maximum atomic E-state index is 14.1. The third-order valence-corrected chi connectivity index (χ3v) is 5.17. The summed E-state index contributed by atoms with van der Waals surface area (Å²) in [6.45, 7) is 0.506. The molecule has 10 heteroatoms. The third-order valence-electron chi connectivity index (χ3n) is 5.17. The maximum absolute atomic E-state index is 14.1. The first kappa shape index (κ1) is 18.1. The van der Waals surface area contributed by atoms with Crippen LogP contribution in [0.2, 0.25) is 0 Å². The fourth-order valence-electron chi connectivity index (χ4n) is 3.71. The number of benzene rings is 1. The van der Waals surface area contributed by atoms with Gasteiger partial charge in [0.1, 0.15) is 24.4 Å². The molecule has 0 unspecified atom stereocenters. The van der Waals surface area contributed by atoms with Gasteiger partial charge in [0.25, 0.3) is 0 Å². The predicted molar refractivity (Wildman–Crippen MR) is 105 cm³/mol. The summed E-state index contributed by atoms with van der Waals surface area (Å²) in [5, 5.41) is 20.8. The summed E-state index contributed by atoms with van der Waals surface area (Å²) < 4.78 is 23.6. The normalized spacial score (nSPS) is 15.1. The van der Waals surface area contributed by atoms with E-state index in [0.29, 0.717) is 40.8 Å². The maximum Gasteiger partial charge on any atom is 0.190 e. The Morgan fingerprint density at radius 2 is 2.23 bits per heavy atom. The number of hydrogen-bond acceptors (Lipinski definition) is 6. The van der Waals surface area contributed by atoms with Crippen LogP contribution in [0.3, 0.4) is 0 Å². The van der Waals surface area contributed by atoms with Gasteiger partial charge in [0.05, 0.1) is 23.7 Å². The number of amidine groups is 1. The first-order valence-corrected chi connectivity index (χ1v) is 9.40. The van der Waals surface area contributed by atoms with E-state index in [1.807, 2.05) is 16.7 Å².